The highest BCUT2D eigenvalue weighted by atomic mass is 127. The summed E-state index contributed by atoms with van der Waals surface area (Å²) >= 11 is 8.02. The van der Waals surface area contributed by atoms with Gasteiger partial charge >= 0.3 is 0 Å². The Kier molecular flexibility index (Phi) is 4.24. The smallest absolute Gasteiger partial charge is 0.256 e. The molecule has 0 saturated heterocycles. The molecule has 0 spiro atoms. The Labute approximate surface area is 124 Å². The lowest BCUT2D eigenvalue weighted by Gasteiger charge is -2.07. The van der Waals surface area contributed by atoms with Crippen LogP contribution in [0.25, 0.3) is 0 Å². The molecule has 2 nitrogen and oxygen atoms in total. The van der Waals surface area contributed by atoms with Crippen molar-refractivity contribution in [3.8, 4) is 0 Å². The number of rotatable bonds is 2. The van der Waals surface area contributed by atoms with Gasteiger partial charge in [-0.25, -0.2) is 0 Å². The van der Waals surface area contributed by atoms with Crippen LogP contribution in [0.5, 0.6) is 0 Å². The fourth-order valence-corrected chi connectivity index (χ4v) is 2.26. The molecule has 0 heterocycles. The van der Waals surface area contributed by atoms with Gasteiger partial charge in [0.2, 0.25) is 0 Å². The molecular weight excluding hydrogens is 361 g/mol. The number of nitrogens with one attached hydrogen (secondary N) is 1. The van der Waals surface area contributed by atoms with Gasteiger partial charge in [-0.05, 0) is 59.8 Å². The quantitative estimate of drug-likeness (QED) is 0.774. The molecule has 92 valence electrons. The predicted octanol–water partition coefficient (Wildman–Crippen LogP) is 4.51. The summed E-state index contributed by atoms with van der Waals surface area (Å²) in [5.41, 5.74) is 2.52. The first-order valence-corrected chi connectivity index (χ1v) is 6.85. The molecule has 0 fully saturated rings. The Bertz CT molecular complexity index is 581. The Morgan fingerprint density at radius 1 is 1.17 bits per heavy atom. The van der Waals surface area contributed by atoms with Crippen molar-refractivity contribution < 1.29 is 4.79 Å². The highest BCUT2D eigenvalue weighted by molar-refractivity contribution is 14.1. The maximum Gasteiger partial charge on any atom is 0.256 e. The molecule has 0 radical (unpaired) electrons. The second-order valence-electron chi connectivity index (χ2n) is 3.94. The number of hydrogen-bond acceptors (Lipinski definition) is 1. The van der Waals surface area contributed by atoms with Gasteiger partial charge < -0.3 is 5.32 Å². The first-order chi connectivity index (χ1) is 8.56. The fourth-order valence-electron chi connectivity index (χ4n) is 1.51. The average Bonchev–Trinajstić information content (AvgIpc) is 2.35. The molecule has 0 saturated carbocycles. The normalized spacial score (nSPS) is 10.2. The number of halogens is 2. The van der Waals surface area contributed by atoms with E-state index in [4.69, 9.17) is 11.6 Å². The van der Waals surface area contributed by atoms with E-state index in [1.54, 1.807) is 12.1 Å². The summed E-state index contributed by atoms with van der Waals surface area (Å²) in [5.74, 6) is -0.147. The maximum atomic E-state index is 12.1. The van der Waals surface area contributed by atoms with E-state index in [2.05, 4.69) is 27.9 Å². The molecule has 2 aromatic rings. The Morgan fingerprint density at radius 2 is 1.83 bits per heavy atom. The van der Waals surface area contributed by atoms with Gasteiger partial charge in [0.25, 0.3) is 5.91 Å². The van der Waals surface area contributed by atoms with Crippen molar-refractivity contribution in [3.05, 3.63) is 62.2 Å². The average molecular weight is 372 g/mol. The summed E-state index contributed by atoms with van der Waals surface area (Å²) in [6, 6.07) is 12.9. The largest absolute Gasteiger partial charge is 0.322 e. The fraction of sp³-hybridized carbons (Fsp3) is 0.0714. The SMILES string of the molecule is Cc1ccc(NC(=O)c2cc(Cl)ccc2I)cc1. The molecule has 1 amide bonds. The molecular formula is C14H11ClINO. The van der Waals surface area contributed by atoms with E-state index in [0.717, 1.165) is 14.8 Å². The molecule has 0 bridgehead atoms. The van der Waals surface area contributed by atoms with Crippen molar-refractivity contribution in [2.45, 2.75) is 6.92 Å². The molecule has 18 heavy (non-hydrogen) atoms. The summed E-state index contributed by atoms with van der Waals surface area (Å²) in [7, 11) is 0. The number of benzene rings is 2. The second kappa shape index (κ2) is 5.71. The molecule has 0 aliphatic heterocycles. The van der Waals surface area contributed by atoms with Crippen LogP contribution in [-0.4, -0.2) is 5.91 Å². The van der Waals surface area contributed by atoms with Crippen LogP contribution in [0.15, 0.2) is 42.5 Å². The van der Waals surface area contributed by atoms with Crippen molar-refractivity contribution in [2.75, 3.05) is 5.32 Å². The number of aryl methyl sites for hydroxylation is 1. The number of hydrogen-bond donors (Lipinski definition) is 1. The van der Waals surface area contributed by atoms with E-state index in [1.807, 2.05) is 37.3 Å². The number of carbonyl (C=O) groups excluding carboxylic acids is 1. The zero-order valence-electron chi connectivity index (χ0n) is 9.71. The van der Waals surface area contributed by atoms with Crippen molar-refractivity contribution >= 4 is 45.8 Å². The van der Waals surface area contributed by atoms with E-state index < -0.39 is 0 Å². The van der Waals surface area contributed by atoms with Crippen LogP contribution < -0.4 is 5.32 Å². The standard InChI is InChI=1S/C14H11ClINO/c1-9-2-5-11(6-3-9)17-14(18)12-8-10(15)4-7-13(12)16/h2-8H,1H3,(H,17,18). The van der Waals surface area contributed by atoms with Gasteiger partial charge in [-0.15, -0.1) is 0 Å². The van der Waals surface area contributed by atoms with Crippen LogP contribution in [0.2, 0.25) is 5.02 Å². The van der Waals surface area contributed by atoms with Crippen LogP contribution in [0.1, 0.15) is 15.9 Å². The lowest BCUT2D eigenvalue weighted by atomic mass is 10.2. The van der Waals surface area contributed by atoms with Crippen LogP contribution >= 0.6 is 34.2 Å². The van der Waals surface area contributed by atoms with Crippen molar-refractivity contribution in [3.63, 3.8) is 0 Å². The van der Waals surface area contributed by atoms with Crippen LogP contribution in [0, 0.1) is 10.5 Å². The van der Waals surface area contributed by atoms with Gasteiger partial charge in [0.15, 0.2) is 0 Å². The number of amides is 1. The molecule has 0 aliphatic carbocycles. The van der Waals surface area contributed by atoms with Gasteiger partial charge in [-0.2, -0.15) is 0 Å². The minimum absolute atomic E-state index is 0.147. The Balaban J connectivity index is 2.21. The molecule has 0 unspecified atom stereocenters. The van der Waals surface area contributed by atoms with Gasteiger partial charge in [-0.3, -0.25) is 4.79 Å². The van der Waals surface area contributed by atoms with E-state index >= 15 is 0 Å². The Hall–Kier alpha value is -1.07. The summed E-state index contributed by atoms with van der Waals surface area (Å²) in [4.78, 5) is 12.1. The van der Waals surface area contributed by atoms with Gasteiger partial charge in [0.1, 0.15) is 0 Å². The van der Waals surface area contributed by atoms with E-state index in [-0.39, 0.29) is 5.91 Å². The highest BCUT2D eigenvalue weighted by Gasteiger charge is 2.10. The number of anilines is 1. The van der Waals surface area contributed by atoms with Crippen molar-refractivity contribution in [2.24, 2.45) is 0 Å². The summed E-state index contributed by atoms with van der Waals surface area (Å²) in [5, 5.41) is 3.41. The molecule has 0 aromatic heterocycles. The minimum atomic E-state index is -0.147. The minimum Gasteiger partial charge on any atom is -0.322 e. The summed E-state index contributed by atoms with van der Waals surface area (Å²) in [6.07, 6.45) is 0. The van der Waals surface area contributed by atoms with Gasteiger partial charge in [-0.1, -0.05) is 29.3 Å². The molecule has 0 aliphatic rings. The molecule has 0 atom stereocenters. The molecule has 2 aromatic carbocycles. The summed E-state index contributed by atoms with van der Waals surface area (Å²) < 4.78 is 0.876. The third-order valence-corrected chi connectivity index (χ3v) is 3.66. The zero-order valence-corrected chi connectivity index (χ0v) is 12.6. The molecule has 1 N–H and O–H groups in total. The van der Waals surface area contributed by atoms with Gasteiger partial charge in [0.05, 0.1) is 5.56 Å². The monoisotopic (exact) mass is 371 g/mol. The van der Waals surface area contributed by atoms with Crippen LogP contribution in [-0.2, 0) is 0 Å². The first kappa shape index (κ1) is 13.4. The highest BCUT2D eigenvalue weighted by Crippen LogP contribution is 2.19. The van der Waals surface area contributed by atoms with Crippen LogP contribution in [0.4, 0.5) is 5.69 Å². The third-order valence-electron chi connectivity index (χ3n) is 2.48. The topological polar surface area (TPSA) is 29.1 Å². The molecule has 4 heteroatoms. The van der Waals surface area contributed by atoms with E-state index in [1.165, 1.54) is 0 Å². The van der Waals surface area contributed by atoms with Gasteiger partial charge in [0, 0.05) is 14.3 Å². The Morgan fingerprint density at radius 3 is 2.50 bits per heavy atom. The second-order valence-corrected chi connectivity index (χ2v) is 5.54. The third kappa shape index (κ3) is 3.23. The van der Waals surface area contributed by atoms with Crippen molar-refractivity contribution in [1.82, 2.24) is 0 Å². The van der Waals surface area contributed by atoms with E-state index in [9.17, 15) is 4.79 Å². The van der Waals surface area contributed by atoms with Crippen molar-refractivity contribution in [1.29, 1.82) is 0 Å². The first-order valence-electron chi connectivity index (χ1n) is 5.39. The van der Waals surface area contributed by atoms with Crippen LogP contribution in [0.3, 0.4) is 0 Å². The molecule has 2 rings (SSSR count). The van der Waals surface area contributed by atoms with E-state index in [0.29, 0.717) is 10.6 Å². The summed E-state index contributed by atoms with van der Waals surface area (Å²) in [6.45, 7) is 2.01. The predicted molar refractivity (Wildman–Crippen MR) is 83.3 cm³/mol. The zero-order chi connectivity index (χ0) is 13.1. The number of carbonyl (C=O) groups is 1. The lowest BCUT2D eigenvalue weighted by molar-refractivity contribution is 0.102. The lowest BCUT2D eigenvalue weighted by Crippen LogP contribution is -2.13. The maximum absolute atomic E-state index is 12.1.